The number of aryl methyl sites for hydroxylation is 2. The summed E-state index contributed by atoms with van der Waals surface area (Å²) in [5.74, 6) is 1.07. The number of likely N-dealkylation sites (tertiary alicyclic amines) is 1. The zero-order chi connectivity index (χ0) is 22.8. The number of nitrogens with zero attached hydrogens (tertiary/aromatic N) is 5. The standard InChI is InChI=1S/C24H28FN5O2/c1-15-20(16(2)32-28-15)12-22(31)30-10-6-8-18(14-30)23-21(13-26-24(27-23)29(3)4)17-7-5-9-19(25)11-17/h5,7,9,11,13,18H,6,8,10,12,14H2,1-4H3/t18-/m1/s1. The van der Waals surface area contributed by atoms with Crippen LogP contribution in [0.15, 0.2) is 35.0 Å². The summed E-state index contributed by atoms with van der Waals surface area (Å²) in [7, 11) is 3.78. The quantitative estimate of drug-likeness (QED) is 0.603. The first-order valence-corrected chi connectivity index (χ1v) is 10.8. The number of carbonyl (C=O) groups excluding carboxylic acids is 1. The highest BCUT2D eigenvalue weighted by Crippen LogP contribution is 2.34. The molecular weight excluding hydrogens is 409 g/mol. The molecule has 1 amide bonds. The Morgan fingerprint density at radius 2 is 2.12 bits per heavy atom. The molecule has 1 aliphatic heterocycles. The zero-order valence-corrected chi connectivity index (χ0v) is 18.9. The van der Waals surface area contributed by atoms with E-state index in [9.17, 15) is 9.18 Å². The smallest absolute Gasteiger partial charge is 0.227 e. The number of anilines is 1. The topological polar surface area (TPSA) is 75.4 Å². The highest BCUT2D eigenvalue weighted by atomic mass is 19.1. The van der Waals surface area contributed by atoms with Gasteiger partial charge in [-0.25, -0.2) is 14.4 Å². The van der Waals surface area contributed by atoms with Gasteiger partial charge in [0.25, 0.3) is 0 Å². The van der Waals surface area contributed by atoms with Crippen LogP contribution in [-0.4, -0.2) is 53.1 Å². The first-order valence-electron chi connectivity index (χ1n) is 10.8. The summed E-state index contributed by atoms with van der Waals surface area (Å²) in [6.45, 7) is 4.96. The van der Waals surface area contributed by atoms with Crippen molar-refractivity contribution in [3.8, 4) is 11.1 Å². The van der Waals surface area contributed by atoms with Crippen molar-refractivity contribution in [1.82, 2.24) is 20.0 Å². The lowest BCUT2D eigenvalue weighted by atomic mass is 9.89. The van der Waals surface area contributed by atoms with E-state index < -0.39 is 0 Å². The van der Waals surface area contributed by atoms with Gasteiger partial charge in [0.2, 0.25) is 11.9 Å². The Labute approximate surface area is 187 Å². The second-order valence-electron chi connectivity index (χ2n) is 8.53. The lowest BCUT2D eigenvalue weighted by molar-refractivity contribution is -0.131. The number of hydrogen-bond acceptors (Lipinski definition) is 6. The van der Waals surface area contributed by atoms with E-state index in [0.717, 1.165) is 40.9 Å². The number of piperidine rings is 1. The van der Waals surface area contributed by atoms with Crippen LogP contribution in [0, 0.1) is 19.7 Å². The Kier molecular flexibility index (Phi) is 6.21. The minimum atomic E-state index is -0.301. The summed E-state index contributed by atoms with van der Waals surface area (Å²) in [5.41, 5.74) is 4.01. The minimum Gasteiger partial charge on any atom is -0.361 e. The second-order valence-corrected chi connectivity index (χ2v) is 8.53. The number of hydrogen-bond donors (Lipinski definition) is 0. The zero-order valence-electron chi connectivity index (χ0n) is 18.9. The Morgan fingerprint density at radius 3 is 2.81 bits per heavy atom. The fourth-order valence-electron chi connectivity index (χ4n) is 4.23. The lowest BCUT2D eigenvalue weighted by Crippen LogP contribution is -2.40. The van der Waals surface area contributed by atoms with Crippen molar-refractivity contribution in [2.75, 3.05) is 32.1 Å². The maximum absolute atomic E-state index is 13.9. The normalized spacial score (nSPS) is 16.3. The molecule has 1 aromatic carbocycles. The summed E-state index contributed by atoms with van der Waals surface area (Å²) in [6, 6.07) is 6.48. The van der Waals surface area contributed by atoms with Crippen LogP contribution in [0.4, 0.5) is 10.3 Å². The first kappa shape index (κ1) is 21.9. The van der Waals surface area contributed by atoms with Crippen LogP contribution >= 0.6 is 0 Å². The Hall–Kier alpha value is -3.29. The number of halogens is 1. The fraction of sp³-hybridized carbons (Fsp3) is 0.417. The van der Waals surface area contributed by atoms with Crippen LogP contribution in [-0.2, 0) is 11.2 Å². The van der Waals surface area contributed by atoms with Crippen molar-refractivity contribution >= 4 is 11.9 Å². The Morgan fingerprint density at radius 1 is 1.31 bits per heavy atom. The number of amides is 1. The van der Waals surface area contributed by atoms with Crippen molar-refractivity contribution < 1.29 is 13.7 Å². The molecule has 168 valence electrons. The molecule has 3 heterocycles. The van der Waals surface area contributed by atoms with Gasteiger partial charge in [0.05, 0.1) is 17.8 Å². The predicted octanol–water partition coefficient (Wildman–Crippen LogP) is 3.90. The van der Waals surface area contributed by atoms with E-state index in [0.29, 0.717) is 24.8 Å². The van der Waals surface area contributed by atoms with Gasteiger partial charge < -0.3 is 14.3 Å². The van der Waals surface area contributed by atoms with Gasteiger partial charge in [0.1, 0.15) is 11.6 Å². The molecule has 32 heavy (non-hydrogen) atoms. The summed E-state index contributed by atoms with van der Waals surface area (Å²) < 4.78 is 19.1. The molecule has 0 spiro atoms. The highest BCUT2D eigenvalue weighted by Gasteiger charge is 2.29. The Bertz CT molecular complexity index is 1110. The molecular formula is C24H28FN5O2. The van der Waals surface area contributed by atoms with E-state index in [-0.39, 0.29) is 24.1 Å². The molecule has 2 aromatic heterocycles. The third kappa shape index (κ3) is 4.49. The summed E-state index contributed by atoms with van der Waals surface area (Å²) in [6.07, 6.45) is 3.82. The second kappa shape index (κ2) is 9.06. The molecule has 0 bridgehead atoms. The monoisotopic (exact) mass is 437 g/mol. The van der Waals surface area contributed by atoms with E-state index >= 15 is 0 Å². The molecule has 3 aromatic rings. The van der Waals surface area contributed by atoms with Gasteiger partial charge in [0.15, 0.2) is 0 Å². The fourth-order valence-corrected chi connectivity index (χ4v) is 4.23. The largest absolute Gasteiger partial charge is 0.361 e. The first-order chi connectivity index (χ1) is 15.3. The summed E-state index contributed by atoms with van der Waals surface area (Å²) in [4.78, 5) is 26.1. The van der Waals surface area contributed by atoms with Crippen LogP contribution in [0.3, 0.4) is 0 Å². The predicted molar refractivity (Wildman–Crippen MR) is 120 cm³/mol. The van der Waals surface area contributed by atoms with Crippen LogP contribution in [0.25, 0.3) is 11.1 Å². The van der Waals surface area contributed by atoms with Gasteiger partial charge in [0, 0.05) is 50.4 Å². The Balaban J connectivity index is 1.63. The van der Waals surface area contributed by atoms with Gasteiger partial charge in [-0.3, -0.25) is 4.79 Å². The molecule has 0 radical (unpaired) electrons. The van der Waals surface area contributed by atoms with Crippen molar-refractivity contribution in [3.63, 3.8) is 0 Å². The molecule has 1 fully saturated rings. The number of aromatic nitrogens is 3. The minimum absolute atomic E-state index is 0.0392. The van der Waals surface area contributed by atoms with Gasteiger partial charge in [-0.1, -0.05) is 17.3 Å². The van der Waals surface area contributed by atoms with Crippen LogP contribution in [0.2, 0.25) is 0 Å². The molecule has 7 nitrogen and oxygen atoms in total. The third-order valence-electron chi connectivity index (χ3n) is 6.01. The SMILES string of the molecule is Cc1noc(C)c1CC(=O)N1CCC[C@@H](c2nc(N(C)C)ncc2-c2cccc(F)c2)C1. The van der Waals surface area contributed by atoms with Crippen LogP contribution in [0.1, 0.15) is 41.5 Å². The molecule has 8 heteroatoms. The average Bonchev–Trinajstić information content (AvgIpc) is 3.10. The van der Waals surface area contributed by atoms with E-state index in [4.69, 9.17) is 9.51 Å². The molecule has 0 saturated carbocycles. The van der Waals surface area contributed by atoms with Crippen molar-refractivity contribution in [2.45, 2.75) is 39.0 Å². The molecule has 0 N–H and O–H groups in total. The average molecular weight is 438 g/mol. The van der Waals surface area contributed by atoms with E-state index in [2.05, 4.69) is 10.1 Å². The maximum Gasteiger partial charge on any atom is 0.227 e. The van der Waals surface area contributed by atoms with E-state index in [1.807, 2.05) is 43.8 Å². The maximum atomic E-state index is 13.9. The molecule has 4 rings (SSSR count). The molecule has 0 unspecified atom stereocenters. The van der Waals surface area contributed by atoms with Crippen molar-refractivity contribution in [2.24, 2.45) is 0 Å². The van der Waals surface area contributed by atoms with Gasteiger partial charge >= 0.3 is 0 Å². The van der Waals surface area contributed by atoms with E-state index in [1.54, 1.807) is 12.3 Å². The van der Waals surface area contributed by atoms with E-state index in [1.165, 1.54) is 12.1 Å². The summed E-state index contributed by atoms with van der Waals surface area (Å²) in [5, 5.41) is 3.96. The van der Waals surface area contributed by atoms with Gasteiger partial charge in [-0.05, 0) is 44.4 Å². The van der Waals surface area contributed by atoms with Crippen LogP contribution < -0.4 is 4.90 Å². The van der Waals surface area contributed by atoms with Crippen LogP contribution in [0.5, 0.6) is 0 Å². The van der Waals surface area contributed by atoms with Crippen molar-refractivity contribution in [1.29, 1.82) is 0 Å². The lowest BCUT2D eigenvalue weighted by Gasteiger charge is -2.33. The highest BCUT2D eigenvalue weighted by molar-refractivity contribution is 5.79. The third-order valence-corrected chi connectivity index (χ3v) is 6.01. The van der Waals surface area contributed by atoms with Gasteiger partial charge in [-0.15, -0.1) is 0 Å². The molecule has 0 aliphatic carbocycles. The summed E-state index contributed by atoms with van der Waals surface area (Å²) >= 11 is 0. The number of benzene rings is 1. The molecule has 1 saturated heterocycles. The number of rotatable bonds is 5. The van der Waals surface area contributed by atoms with Gasteiger partial charge in [-0.2, -0.15) is 0 Å². The number of carbonyl (C=O) groups is 1. The molecule has 1 atom stereocenters. The molecule has 1 aliphatic rings. The van der Waals surface area contributed by atoms with Crippen molar-refractivity contribution in [3.05, 3.63) is 59.0 Å².